The molecule has 80 valence electrons. The normalized spacial score (nSPS) is 13.3. The van der Waals surface area contributed by atoms with Gasteiger partial charge < -0.3 is 0 Å². The van der Waals surface area contributed by atoms with Crippen LogP contribution in [0.2, 0.25) is 10.2 Å². The molecule has 0 aliphatic heterocycles. The van der Waals surface area contributed by atoms with E-state index in [1.807, 2.05) is 0 Å². The molecule has 2 aromatic heterocycles. The fraction of sp³-hybridized carbons (Fsp3) is 0.444. The van der Waals surface area contributed by atoms with E-state index < -0.39 is 0 Å². The predicted molar refractivity (Wildman–Crippen MR) is 59.5 cm³/mol. The second kappa shape index (κ2) is 3.94. The molecule has 2 rings (SSSR count). The first-order chi connectivity index (χ1) is 7.13. The SMILES string of the molecule is CCC(C)c1nnc2c(Cl)cc(Cl)nn12. The Balaban J connectivity index is 2.68. The second-order valence-electron chi connectivity index (χ2n) is 3.42. The molecule has 0 N–H and O–H groups in total. The first kappa shape index (κ1) is 10.6. The highest BCUT2D eigenvalue weighted by Crippen LogP contribution is 2.22. The van der Waals surface area contributed by atoms with Crippen molar-refractivity contribution in [3.8, 4) is 0 Å². The Morgan fingerprint density at radius 3 is 2.80 bits per heavy atom. The lowest BCUT2D eigenvalue weighted by Crippen LogP contribution is -2.02. The molecule has 15 heavy (non-hydrogen) atoms. The van der Waals surface area contributed by atoms with E-state index in [0.717, 1.165) is 12.2 Å². The molecule has 0 aromatic carbocycles. The monoisotopic (exact) mass is 244 g/mol. The van der Waals surface area contributed by atoms with E-state index in [-0.39, 0.29) is 5.92 Å². The summed E-state index contributed by atoms with van der Waals surface area (Å²) in [7, 11) is 0. The third-order valence-electron chi connectivity index (χ3n) is 2.37. The largest absolute Gasteiger partial charge is 0.196 e. The van der Waals surface area contributed by atoms with Crippen molar-refractivity contribution in [1.82, 2.24) is 19.8 Å². The van der Waals surface area contributed by atoms with Gasteiger partial charge in [0, 0.05) is 5.92 Å². The van der Waals surface area contributed by atoms with Crippen LogP contribution in [0, 0.1) is 0 Å². The minimum absolute atomic E-state index is 0.280. The molecule has 0 bridgehead atoms. The van der Waals surface area contributed by atoms with Crippen LogP contribution in [0.1, 0.15) is 32.0 Å². The Kier molecular flexibility index (Phi) is 2.80. The second-order valence-corrected chi connectivity index (χ2v) is 4.21. The van der Waals surface area contributed by atoms with E-state index in [0.29, 0.717) is 15.8 Å². The zero-order valence-electron chi connectivity index (χ0n) is 8.41. The van der Waals surface area contributed by atoms with Crippen LogP contribution in [-0.2, 0) is 0 Å². The number of aromatic nitrogens is 4. The number of hydrogen-bond donors (Lipinski definition) is 0. The van der Waals surface area contributed by atoms with Crippen molar-refractivity contribution in [2.45, 2.75) is 26.2 Å². The van der Waals surface area contributed by atoms with Gasteiger partial charge in [-0.1, -0.05) is 37.0 Å². The number of hydrogen-bond acceptors (Lipinski definition) is 3. The average Bonchev–Trinajstić information content (AvgIpc) is 2.60. The van der Waals surface area contributed by atoms with E-state index >= 15 is 0 Å². The number of fused-ring (bicyclic) bond motifs is 1. The molecular weight excluding hydrogens is 235 g/mol. The molecule has 0 fully saturated rings. The Morgan fingerprint density at radius 1 is 1.40 bits per heavy atom. The van der Waals surface area contributed by atoms with Gasteiger partial charge in [-0.05, 0) is 12.5 Å². The molecule has 0 amide bonds. The Labute approximate surface area is 97.2 Å². The summed E-state index contributed by atoms with van der Waals surface area (Å²) in [5.41, 5.74) is 0.552. The van der Waals surface area contributed by atoms with Gasteiger partial charge in [0.15, 0.2) is 16.6 Å². The van der Waals surface area contributed by atoms with Gasteiger partial charge in [-0.15, -0.1) is 10.2 Å². The van der Waals surface area contributed by atoms with Gasteiger partial charge >= 0.3 is 0 Å². The maximum atomic E-state index is 5.98. The van der Waals surface area contributed by atoms with E-state index in [4.69, 9.17) is 23.2 Å². The lowest BCUT2D eigenvalue weighted by molar-refractivity contribution is 0.648. The van der Waals surface area contributed by atoms with E-state index in [1.165, 1.54) is 0 Å². The van der Waals surface area contributed by atoms with E-state index in [2.05, 4.69) is 29.1 Å². The van der Waals surface area contributed by atoms with Crippen molar-refractivity contribution in [1.29, 1.82) is 0 Å². The minimum Gasteiger partial charge on any atom is -0.194 e. The molecule has 0 saturated carbocycles. The van der Waals surface area contributed by atoms with Crippen molar-refractivity contribution >= 4 is 28.8 Å². The summed E-state index contributed by atoms with van der Waals surface area (Å²) in [6.07, 6.45) is 0.965. The number of rotatable bonds is 2. The fourth-order valence-corrected chi connectivity index (χ4v) is 1.78. The predicted octanol–water partition coefficient (Wildman–Crippen LogP) is 2.94. The quantitative estimate of drug-likeness (QED) is 0.816. The lowest BCUT2D eigenvalue weighted by Gasteiger charge is -2.05. The molecular formula is C9H10Cl2N4. The average molecular weight is 245 g/mol. The molecule has 6 heteroatoms. The molecule has 0 aliphatic rings. The Hall–Kier alpha value is -0.870. The summed E-state index contributed by atoms with van der Waals surface area (Å²) < 4.78 is 1.61. The fourth-order valence-electron chi connectivity index (χ4n) is 1.32. The summed E-state index contributed by atoms with van der Waals surface area (Å²) >= 11 is 11.8. The van der Waals surface area contributed by atoms with E-state index in [9.17, 15) is 0 Å². The molecule has 0 radical (unpaired) electrons. The highest BCUT2D eigenvalue weighted by atomic mass is 35.5. The number of halogens is 2. The third kappa shape index (κ3) is 1.79. The van der Waals surface area contributed by atoms with E-state index in [1.54, 1.807) is 10.6 Å². The zero-order valence-corrected chi connectivity index (χ0v) is 9.92. The van der Waals surface area contributed by atoms with Gasteiger partial charge in [0.1, 0.15) is 0 Å². The highest BCUT2D eigenvalue weighted by Gasteiger charge is 2.15. The molecule has 1 atom stereocenters. The van der Waals surface area contributed by atoms with Crippen LogP contribution in [0.25, 0.3) is 5.65 Å². The standard InChI is InChI=1S/C9H10Cl2N4/c1-3-5(2)8-12-13-9-6(10)4-7(11)14-15(8)9/h4-5H,3H2,1-2H3. The van der Waals surface area contributed by atoms with Crippen LogP contribution >= 0.6 is 23.2 Å². The Morgan fingerprint density at radius 2 is 2.13 bits per heavy atom. The zero-order chi connectivity index (χ0) is 11.0. The first-order valence-corrected chi connectivity index (χ1v) is 5.46. The lowest BCUT2D eigenvalue weighted by atomic mass is 10.1. The minimum atomic E-state index is 0.280. The van der Waals surface area contributed by atoms with Gasteiger partial charge in [0.25, 0.3) is 0 Å². The van der Waals surface area contributed by atoms with Gasteiger partial charge in [-0.3, -0.25) is 0 Å². The molecule has 4 nitrogen and oxygen atoms in total. The summed E-state index contributed by atoms with van der Waals surface area (Å²) in [6.45, 7) is 4.14. The van der Waals surface area contributed by atoms with Crippen LogP contribution in [0.3, 0.4) is 0 Å². The van der Waals surface area contributed by atoms with Crippen LogP contribution in [0.4, 0.5) is 0 Å². The molecule has 0 saturated heterocycles. The van der Waals surface area contributed by atoms with Crippen molar-refractivity contribution < 1.29 is 0 Å². The van der Waals surface area contributed by atoms with Gasteiger partial charge in [-0.25, -0.2) is 0 Å². The van der Waals surface area contributed by atoms with Gasteiger partial charge in [0.2, 0.25) is 0 Å². The van der Waals surface area contributed by atoms with Crippen molar-refractivity contribution in [2.75, 3.05) is 0 Å². The van der Waals surface area contributed by atoms with Gasteiger partial charge in [0.05, 0.1) is 5.02 Å². The van der Waals surface area contributed by atoms with Crippen molar-refractivity contribution in [2.24, 2.45) is 0 Å². The van der Waals surface area contributed by atoms with Crippen LogP contribution in [0.5, 0.6) is 0 Å². The first-order valence-electron chi connectivity index (χ1n) is 4.70. The number of nitrogens with zero attached hydrogens (tertiary/aromatic N) is 4. The molecule has 1 unspecified atom stereocenters. The molecule has 2 aromatic rings. The smallest absolute Gasteiger partial charge is 0.194 e. The molecule has 0 aliphatic carbocycles. The van der Waals surface area contributed by atoms with Crippen molar-refractivity contribution in [3.63, 3.8) is 0 Å². The van der Waals surface area contributed by atoms with Crippen LogP contribution < -0.4 is 0 Å². The Bertz CT molecular complexity index is 494. The molecule has 2 heterocycles. The van der Waals surface area contributed by atoms with Crippen molar-refractivity contribution in [3.05, 3.63) is 22.1 Å². The van der Waals surface area contributed by atoms with Crippen LogP contribution in [-0.4, -0.2) is 19.8 Å². The third-order valence-corrected chi connectivity index (χ3v) is 2.84. The highest BCUT2D eigenvalue weighted by molar-refractivity contribution is 6.35. The topological polar surface area (TPSA) is 43.1 Å². The summed E-state index contributed by atoms with van der Waals surface area (Å²) in [5, 5.41) is 13.0. The summed E-state index contributed by atoms with van der Waals surface area (Å²) in [5.74, 6) is 1.07. The maximum Gasteiger partial charge on any atom is 0.196 e. The van der Waals surface area contributed by atoms with Gasteiger partial charge in [-0.2, -0.15) is 9.61 Å². The maximum absolute atomic E-state index is 5.98. The summed E-state index contributed by atoms with van der Waals surface area (Å²) in [4.78, 5) is 0. The summed E-state index contributed by atoms with van der Waals surface area (Å²) in [6, 6.07) is 1.56. The molecule has 0 spiro atoms. The van der Waals surface area contributed by atoms with Crippen LogP contribution in [0.15, 0.2) is 6.07 Å².